The number of thiazole rings is 1. The van der Waals surface area contributed by atoms with Crippen molar-refractivity contribution in [1.82, 2.24) is 9.88 Å². The van der Waals surface area contributed by atoms with Gasteiger partial charge >= 0.3 is 0 Å². The highest BCUT2D eigenvalue weighted by Gasteiger charge is 2.22. The number of hydrogen-bond acceptors (Lipinski definition) is 7. The molecule has 4 rings (SSSR count). The molecule has 0 atom stereocenters. The fraction of sp³-hybridized carbons (Fsp3) is 0.440. The molecule has 0 aliphatic carbocycles. The van der Waals surface area contributed by atoms with Crippen LogP contribution in [0.2, 0.25) is 0 Å². The Labute approximate surface area is 211 Å². The van der Waals surface area contributed by atoms with Gasteiger partial charge in [-0.25, -0.2) is 4.98 Å². The Hall–Kier alpha value is -2.39. The largest absolute Gasteiger partial charge is 0.497 e. The highest BCUT2D eigenvalue weighted by molar-refractivity contribution is 7.22. The normalized spacial score (nSPS) is 14.1. The molecule has 2 aromatic carbocycles. The summed E-state index contributed by atoms with van der Waals surface area (Å²) in [4.78, 5) is 22.5. The number of nitrogens with zero attached hydrogens (tertiary/aromatic N) is 3. The van der Waals surface area contributed by atoms with E-state index in [9.17, 15) is 4.79 Å². The molecule has 34 heavy (non-hydrogen) atoms. The Bertz CT molecular complexity index is 1070. The third kappa shape index (κ3) is 6.60. The second-order valence-electron chi connectivity index (χ2n) is 8.29. The van der Waals surface area contributed by atoms with Crippen molar-refractivity contribution in [2.24, 2.45) is 0 Å². The molecule has 3 aromatic rings. The molecule has 0 bridgehead atoms. The van der Waals surface area contributed by atoms with Gasteiger partial charge in [0.25, 0.3) is 5.91 Å². The fourth-order valence-corrected chi connectivity index (χ4v) is 4.82. The number of carbonyl (C=O) groups is 1. The van der Waals surface area contributed by atoms with Crippen LogP contribution >= 0.6 is 23.7 Å². The summed E-state index contributed by atoms with van der Waals surface area (Å²) in [7, 11) is 1.65. The van der Waals surface area contributed by atoms with E-state index in [2.05, 4.69) is 4.90 Å². The standard InChI is InChI=1S/C25H31N3O4S.ClH/c1-18(2)32-20-7-5-19(6-8-20)24(29)28(12-4-11-27-13-15-31-16-14-27)25-26-22-10-9-21(30-3)17-23(22)33-25;/h5-10,17-18H,4,11-16H2,1-3H3;1H. The number of carbonyl (C=O) groups excluding carboxylic acids is 1. The summed E-state index contributed by atoms with van der Waals surface area (Å²) in [6.45, 7) is 8.90. The first-order valence-corrected chi connectivity index (χ1v) is 12.2. The van der Waals surface area contributed by atoms with Gasteiger partial charge in [-0.15, -0.1) is 12.4 Å². The van der Waals surface area contributed by atoms with E-state index in [4.69, 9.17) is 19.2 Å². The highest BCUT2D eigenvalue weighted by Crippen LogP contribution is 2.32. The lowest BCUT2D eigenvalue weighted by atomic mass is 10.2. The van der Waals surface area contributed by atoms with Crippen molar-refractivity contribution in [3.63, 3.8) is 0 Å². The Morgan fingerprint density at radius 1 is 1.15 bits per heavy atom. The molecule has 7 nitrogen and oxygen atoms in total. The first-order valence-electron chi connectivity index (χ1n) is 11.4. The molecule has 1 aliphatic rings. The number of ether oxygens (including phenoxy) is 3. The van der Waals surface area contributed by atoms with Crippen LogP contribution in [0.1, 0.15) is 30.6 Å². The van der Waals surface area contributed by atoms with Crippen LogP contribution in [0, 0.1) is 0 Å². The first kappa shape index (κ1) is 26.2. The van der Waals surface area contributed by atoms with Gasteiger partial charge in [-0.2, -0.15) is 0 Å². The summed E-state index contributed by atoms with van der Waals surface area (Å²) in [5.74, 6) is 1.48. The molecule has 2 heterocycles. The zero-order valence-corrected chi connectivity index (χ0v) is 21.5. The van der Waals surface area contributed by atoms with E-state index in [-0.39, 0.29) is 24.4 Å². The molecule has 1 amide bonds. The van der Waals surface area contributed by atoms with Gasteiger partial charge in [-0.3, -0.25) is 14.6 Å². The average molecular weight is 506 g/mol. The van der Waals surface area contributed by atoms with Crippen LogP contribution in [0.25, 0.3) is 10.2 Å². The lowest BCUT2D eigenvalue weighted by Crippen LogP contribution is -2.39. The molecule has 0 spiro atoms. The number of fused-ring (bicyclic) bond motifs is 1. The van der Waals surface area contributed by atoms with Gasteiger partial charge in [-0.05, 0) is 62.7 Å². The second-order valence-corrected chi connectivity index (χ2v) is 9.29. The predicted octanol–water partition coefficient (Wildman–Crippen LogP) is 4.88. The maximum absolute atomic E-state index is 13.6. The molecular weight excluding hydrogens is 474 g/mol. The van der Waals surface area contributed by atoms with Gasteiger partial charge in [0, 0.05) is 31.7 Å². The molecule has 0 saturated carbocycles. The van der Waals surface area contributed by atoms with E-state index in [0.29, 0.717) is 17.2 Å². The zero-order chi connectivity index (χ0) is 23.2. The van der Waals surface area contributed by atoms with Crippen molar-refractivity contribution in [2.45, 2.75) is 26.4 Å². The number of rotatable bonds is 9. The average Bonchev–Trinajstić information content (AvgIpc) is 3.25. The van der Waals surface area contributed by atoms with Crippen molar-refractivity contribution in [3.8, 4) is 11.5 Å². The first-order chi connectivity index (χ1) is 16.0. The SMILES string of the molecule is COc1ccc2nc(N(CCCN3CCOCC3)C(=O)c3ccc(OC(C)C)cc3)sc2c1.Cl. The molecule has 1 saturated heterocycles. The number of amides is 1. The lowest BCUT2D eigenvalue weighted by molar-refractivity contribution is 0.0376. The van der Waals surface area contributed by atoms with Crippen LogP contribution < -0.4 is 14.4 Å². The molecule has 1 fully saturated rings. The summed E-state index contributed by atoms with van der Waals surface area (Å²) in [5.41, 5.74) is 1.48. The van der Waals surface area contributed by atoms with Crippen LogP contribution in [-0.2, 0) is 4.74 Å². The Kier molecular flexibility index (Phi) is 9.53. The van der Waals surface area contributed by atoms with Gasteiger partial charge < -0.3 is 14.2 Å². The maximum Gasteiger partial charge on any atom is 0.260 e. The van der Waals surface area contributed by atoms with Gasteiger partial charge in [0.05, 0.1) is 36.6 Å². The summed E-state index contributed by atoms with van der Waals surface area (Å²) < 4.78 is 17.5. The topological polar surface area (TPSA) is 64.1 Å². The maximum atomic E-state index is 13.6. The quantitative estimate of drug-likeness (QED) is 0.413. The molecule has 0 N–H and O–H groups in total. The summed E-state index contributed by atoms with van der Waals surface area (Å²) in [5, 5.41) is 0.702. The Balaban J connectivity index is 0.00000324. The fourth-order valence-electron chi connectivity index (χ4n) is 3.80. The molecule has 0 radical (unpaired) electrons. The molecule has 184 valence electrons. The lowest BCUT2D eigenvalue weighted by Gasteiger charge is -2.27. The van der Waals surface area contributed by atoms with Crippen molar-refractivity contribution in [3.05, 3.63) is 48.0 Å². The zero-order valence-electron chi connectivity index (χ0n) is 19.9. The second kappa shape index (κ2) is 12.4. The number of anilines is 1. The summed E-state index contributed by atoms with van der Waals surface area (Å²) in [6.07, 6.45) is 0.947. The van der Waals surface area contributed by atoms with Gasteiger partial charge in [-0.1, -0.05) is 11.3 Å². The number of hydrogen-bond donors (Lipinski definition) is 0. The van der Waals surface area contributed by atoms with Crippen LogP contribution in [0.3, 0.4) is 0 Å². The molecule has 0 unspecified atom stereocenters. The van der Waals surface area contributed by atoms with Gasteiger partial charge in [0.1, 0.15) is 11.5 Å². The third-order valence-corrected chi connectivity index (χ3v) is 6.53. The molecule has 1 aromatic heterocycles. The van der Waals surface area contributed by atoms with Gasteiger partial charge in [0.15, 0.2) is 5.13 Å². The Morgan fingerprint density at radius 3 is 2.53 bits per heavy atom. The third-order valence-electron chi connectivity index (χ3n) is 5.49. The monoisotopic (exact) mass is 505 g/mol. The van der Waals surface area contributed by atoms with Crippen molar-refractivity contribution in [2.75, 3.05) is 51.4 Å². The number of methoxy groups -OCH3 is 1. The number of benzene rings is 2. The minimum Gasteiger partial charge on any atom is -0.497 e. The smallest absolute Gasteiger partial charge is 0.260 e. The van der Waals surface area contributed by atoms with E-state index >= 15 is 0 Å². The van der Waals surface area contributed by atoms with Crippen LogP contribution in [0.5, 0.6) is 11.5 Å². The molecule has 9 heteroatoms. The van der Waals surface area contributed by atoms with Crippen molar-refractivity contribution in [1.29, 1.82) is 0 Å². The van der Waals surface area contributed by atoms with E-state index < -0.39 is 0 Å². The predicted molar refractivity (Wildman–Crippen MR) is 139 cm³/mol. The van der Waals surface area contributed by atoms with Crippen LogP contribution in [0.4, 0.5) is 5.13 Å². The minimum absolute atomic E-state index is 0. The van der Waals surface area contributed by atoms with Crippen molar-refractivity contribution >= 4 is 45.0 Å². The van der Waals surface area contributed by atoms with E-state index in [1.807, 2.05) is 56.3 Å². The van der Waals surface area contributed by atoms with E-state index in [0.717, 1.165) is 61.0 Å². The molecule has 1 aliphatic heterocycles. The van der Waals surface area contributed by atoms with E-state index in [1.54, 1.807) is 12.0 Å². The van der Waals surface area contributed by atoms with Crippen LogP contribution in [-0.4, -0.2) is 68.4 Å². The highest BCUT2D eigenvalue weighted by atomic mass is 35.5. The number of halogens is 1. The number of morpholine rings is 1. The van der Waals surface area contributed by atoms with Crippen molar-refractivity contribution < 1.29 is 19.0 Å². The number of aromatic nitrogens is 1. The summed E-state index contributed by atoms with van der Waals surface area (Å²) >= 11 is 1.51. The van der Waals surface area contributed by atoms with Crippen LogP contribution in [0.15, 0.2) is 42.5 Å². The Morgan fingerprint density at radius 2 is 1.85 bits per heavy atom. The minimum atomic E-state index is -0.0564. The van der Waals surface area contributed by atoms with E-state index in [1.165, 1.54) is 11.3 Å². The summed E-state index contributed by atoms with van der Waals surface area (Å²) in [6, 6.07) is 13.1. The van der Waals surface area contributed by atoms with Gasteiger partial charge in [0.2, 0.25) is 0 Å². The molecular formula is C25H32ClN3O4S.